The number of benzene rings is 1. The van der Waals surface area contributed by atoms with Gasteiger partial charge in [0.2, 0.25) is 5.91 Å². The molecule has 122 valence electrons. The van der Waals surface area contributed by atoms with Crippen molar-refractivity contribution in [1.29, 1.82) is 0 Å². The normalized spacial score (nSPS) is 21.1. The van der Waals surface area contributed by atoms with Crippen LogP contribution in [-0.2, 0) is 11.2 Å². The van der Waals surface area contributed by atoms with Crippen LogP contribution in [0.15, 0.2) is 30.3 Å². The molecule has 1 aromatic heterocycles. The van der Waals surface area contributed by atoms with E-state index >= 15 is 0 Å². The Morgan fingerprint density at radius 1 is 1.39 bits per heavy atom. The first-order chi connectivity index (χ1) is 11.1. The molecule has 0 radical (unpaired) electrons. The van der Waals surface area contributed by atoms with Gasteiger partial charge in [-0.3, -0.25) is 4.79 Å². The van der Waals surface area contributed by atoms with Crippen molar-refractivity contribution < 1.29 is 4.79 Å². The van der Waals surface area contributed by atoms with Crippen LogP contribution in [0.1, 0.15) is 24.7 Å². The van der Waals surface area contributed by atoms with E-state index in [0.29, 0.717) is 5.92 Å². The van der Waals surface area contributed by atoms with Crippen LogP contribution in [0, 0.1) is 12.8 Å². The van der Waals surface area contributed by atoms with Gasteiger partial charge in [0.1, 0.15) is 0 Å². The predicted molar refractivity (Wildman–Crippen MR) is 88.4 cm³/mol. The smallest absolute Gasteiger partial charge is 0.226 e. The highest BCUT2D eigenvalue weighted by Crippen LogP contribution is 2.13. The summed E-state index contributed by atoms with van der Waals surface area (Å²) in [5, 5.41) is 14.8. The summed E-state index contributed by atoms with van der Waals surface area (Å²) >= 11 is 0. The van der Waals surface area contributed by atoms with Crippen LogP contribution in [0.5, 0.6) is 0 Å². The molecule has 1 saturated heterocycles. The maximum absolute atomic E-state index is 12.3. The van der Waals surface area contributed by atoms with E-state index in [1.165, 1.54) is 0 Å². The molecule has 2 unspecified atom stereocenters. The Hall–Kier alpha value is -2.21. The minimum absolute atomic E-state index is 0.0203. The van der Waals surface area contributed by atoms with Gasteiger partial charge in [-0.1, -0.05) is 30.3 Å². The fourth-order valence-electron chi connectivity index (χ4n) is 2.98. The third kappa shape index (κ3) is 3.59. The summed E-state index contributed by atoms with van der Waals surface area (Å²) in [6.45, 7) is 6.02. The molecule has 2 N–H and O–H groups in total. The van der Waals surface area contributed by atoms with E-state index < -0.39 is 0 Å². The second-order valence-corrected chi connectivity index (χ2v) is 6.19. The molecule has 6 nitrogen and oxygen atoms in total. The van der Waals surface area contributed by atoms with Crippen LogP contribution in [0.2, 0.25) is 0 Å². The number of piperidine rings is 1. The Labute approximate surface area is 136 Å². The second kappa shape index (κ2) is 6.91. The molecule has 6 heteroatoms. The number of rotatable bonds is 4. The van der Waals surface area contributed by atoms with Crippen LogP contribution in [0.25, 0.3) is 5.69 Å². The molecule has 1 aromatic carbocycles. The minimum Gasteiger partial charge on any atom is -0.353 e. The van der Waals surface area contributed by atoms with Gasteiger partial charge in [0.15, 0.2) is 0 Å². The van der Waals surface area contributed by atoms with Crippen molar-refractivity contribution in [2.45, 2.75) is 32.7 Å². The lowest BCUT2D eigenvalue weighted by molar-refractivity contribution is -0.121. The van der Waals surface area contributed by atoms with Gasteiger partial charge in [0, 0.05) is 6.04 Å². The van der Waals surface area contributed by atoms with E-state index in [1.54, 1.807) is 4.68 Å². The Balaban J connectivity index is 1.66. The number of nitrogens with one attached hydrogen (secondary N) is 2. The van der Waals surface area contributed by atoms with Crippen LogP contribution in [-0.4, -0.2) is 40.0 Å². The lowest BCUT2D eigenvalue weighted by Gasteiger charge is -2.30. The van der Waals surface area contributed by atoms with Crippen molar-refractivity contribution in [3.8, 4) is 5.69 Å². The molecule has 23 heavy (non-hydrogen) atoms. The molecule has 1 fully saturated rings. The lowest BCUT2D eigenvalue weighted by Crippen LogP contribution is -2.48. The Bertz CT molecular complexity index is 667. The first-order valence-corrected chi connectivity index (χ1v) is 8.12. The molecule has 3 rings (SSSR count). The Morgan fingerprint density at radius 2 is 2.17 bits per heavy atom. The maximum Gasteiger partial charge on any atom is 0.226 e. The quantitative estimate of drug-likeness (QED) is 0.890. The van der Waals surface area contributed by atoms with Crippen molar-refractivity contribution in [2.75, 3.05) is 13.1 Å². The zero-order valence-corrected chi connectivity index (χ0v) is 13.6. The topological polar surface area (TPSA) is 71.8 Å². The molecule has 0 spiro atoms. The minimum atomic E-state index is 0.0203. The highest BCUT2D eigenvalue weighted by atomic mass is 16.1. The summed E-state index contributed by atoms with van der Waals surface area (Å²) in [6, 6.07) is 10.1. The number of amides is 1. The maximum atomic E-state index is 12.3. The SMILES string of the molecule is Cc1c(CC(=O)NC2CCNCC2C)nnn1-c1ccccc1. The zero-order valence-electron chi connectivity index (χ0n) is 13.6. The number of hydrogen-bond acceptors (Lipinski definition) is 4. The number of para-hydroxylation sites is 1. The van der Waals surface area contributed by atoms with Crippen LogP contribution >= 0.6 is 0 Å². The van der Waals surface area contributed by atoms with Crippen LogP contribution in [0.3, 0.4) is 0 Å². The monoisotopic (exact) mass is 313 g/mol. The number of carbonyl (C=O) groups is 1. The standard InChI is InChI=1S/C17H23N5O/c1-12-11-18-9-8-15(12)19-17(23)10-16-13(2)22(21-20-16)14-6-4-3-5-7-14/h3-7,12,15,18H,8-11H2,1-2H3,(H,19,23). The summed E-state index contributed by atoms with van der Waals surface area (Å²) in [6.07, 6.45) is 1.25. The highest BCUT2D eigenvalue weighted by molar-refractivity contribution is 5.78. The van der Waals surface area contributed by atoms with Crippen molar-refractivity contribution in [3.63, 3.8) is 0 Å². The molecule has 0 bridgehead atoms. The summed E-state index contributed by atoms with van der Waals surface area (Å²) in [5.41, 5.74) is 2.59. The zero-order chi connectivity index (χ0) is 16.2. The van der Waals surface area contributed by atoms with Crippen molar-refractivity contribution in [1.82, 2.24) is 25.6 Å². The number of hydrogen-bond donors (Lipinski definition) is 2. The molecule has 2 heterocycles. The van der Waals surface area contributed by atoms with Crippen molar-refractivity contribution in [2.24, 2.45) is 5.92 Å². The van der Waals surface area contributed by atoms with Gasteiger partial charge in [-0.2, -0.15) is 0 Å². The fraction of sp³-hybridized carbons (Fsp3) is 0.471. The largest absolute Gasteiger partial charge is 0.353 e. The van der Waals surface area contributed by atoms with Gasteiger partial charge in [-0.05, 0) is 44.5 Å². The summed E-state index contributed by atoms with van der Waals surface area (Å²) in [4.78, 5) is 12.3. The van der Waals surface area contributed by atoms with E-state index in [-0.39, 0.29) is 18.4 Å². The molecule has 2 atom stereocenters. The fourth-order valence-corrected chi connectivity index (χ4v) is 2.98. The first kappa shape index (κ1) is 15.7. The molecule has 1 amide bonds. The summed E-state index contributed by atoms with van der Waals surface area (Å²) < 4.78 is 1.77. The second-order valence-electron chi connectivity index (χ2n) is 6.19. The van der Waals surface area contributed by atoms with Gasteiger partial charge in [0.25, 0.3) is 0 Å². The summed E-state index contributed by atoms with van der Waals surface area (Å²) in [7, 11) is 0. The molecule has 0 saturated carbocycles. The molecular weight excluding hydrogens is 290 g/mol. The predicted octanol–water partition coefficient (Wildman–Crippen LogP) is 1.23. The Kier molecular flexibility index (Phi) is 4.71. The lowest BCUT2D eigenvalue weighted by atomic mass is 9.95. The van der Waals surface area contributed by atoms with Gasteiger partial charge in [0.05, 0.1) is 23.5 Å². The van der Waals surface area contributed by atoms with E-state index in [1.807, 2.05) is 37.3 Å². The van der Waals surface area contributed by atoms with Crippen LogP contribution in [0.4, 0.5) is 0 Å². The van der Waals surface area contributed by atoms with Gasteiger partial charge in [-0.15, -0.1) is 5.10 Å². The molecular formula is C17H23N5O. The Morgan fingerprint density at radius 3 is 2.91 bits per heavy atom. The van der Waals surface area contributed by atoms with Gasteiger partial charge >= 0.3 is 0 Å². The third-order valence-electron chi connectivity index (χ3n) is 4.45. The van der Waals surface area contributed by atoms with Crippen LogP contribution < -0.4 is 10.6 Å². The molecule has 1 aliphatic heterocycles. The average Bonchev–Trinajstić information content (AvgIpc) is 2.91. The third-order valence-corrected chi connectivity index (χ3v) is 4.45. The number of aromatic nitrogens is 3. The van der Waals surface area contributed by atoms with E-state index in [9.17, 15) is 4.79 Å². The van der Waals surface area contributed by atoms with Crippen molar-refractivity contribution >= 4 is 5.91 Å². The van der Waals surface area contributed by atoms with Gasteiger partial charge < -0.3 is 10.6 Å². The van der Waals surface area contributed by atoms with Gasteiger partial charge in [-0.25, -0.2) is 4.68 Å². The molecule has 1 aliphatic rings. The summed E-state index contributed by atoms with van der Waals surface area (Å²) in [5.74, 6) is 0.473. The first-order valence-electron chi connectivity index (χ1n) is 8.12. The number of nitrogens with zero attached hydrogens (tertiary/aromatic N) is 3. The van der Waals surface area contributed by atoms with E-state index in [4.69, 9.17) is 0 Å². The van der Waals surface area contributed by atoms with E-state index in [2.05, 4.69) is 27.9 Å². The number of carbonyl (C=O) groups excluding carboxylic acids is 1. The molecule has 0 aliphatic carbocycles. The highest BCUT2D eigenvalue weighted by Gasteiger charge is 2.23. The van der Waals surface area contributed by atoms with E-state index in [0.717, 1.165) is 36.6 Å². The molecule has 2 aromatic rings. The average molecular weight is 313 g/mol. The van der Waals surface area contributed by atoms with Crippen molar-refractivity contribution in [3.05, 3.63) is 41.7 Å².